The van der Waals surface area contributed by atoms with Crippen LogP contribution in [0.5, 0.6) is 0 Å². The van der Waals surface area contributed by atoms with E-state index in [2.05, 4.69) is 0 Å². The third-order valence-corrected chi connectivity index (χ3v) is 3.47. The minimum atomic E-state index is -1.03. The molecule has 1 aliphatic carbocycles. The van der Waals surface area contributed by atoms with E-state index in [1.165, 1.54) is 38.5 Å². The van der Waals surface area contributed by atoms with E-state index in [1.807, 2.05) is 0 Å². The third-order valence-electron chi connectivity index (χ3n) is 3.47. The van der Waals surface area contributed by atoms with Gasteiger partial charge >= 0.3 is 5.97 Å². The smallest absolute Gasteiger partial charge is 0.328 e. The van der Waals surface area contributed by atoms with Crippen LogP contribution >= 0.6 is 0 Å². The van der Waals surface area contributed by atoms with Crippen LogP contribution in [0.15, 0.2) is 0 Å². The van der Waals surface area contributed by atoms with E-state index in [0.29, 0.717) is 19.1 Å². The highest BCUT2D eigenvalue weighted by Gasteiger charge is 2.30. The highest BCUT2D eigenvalue weighted by molar-refractivity contribution is 5.80. The monoisotopic (exact) mass is 257 g/mol. The molecular weight excluding hydrogens is 230 g/mol. The number of hydrogen-bond acceptors (Lipinski definition) is 4. The molecule has 0 aromatic heterocycles. The second kappa shape index (κ2) is 7.74. The van der Waals surface area contributed by atoms with Crippen LogP contribution < -0.4 is 5.73 Å². The standard InChI is InChI=1S/C14H27NO3/c1-3-18-13(16)14(2,15)11-17-10-12-8-6-4-5-7-9-12/h12H,3-11,15H2,1-2H3. The molecule has 1 aliphatic rings. The van der Waals surface area contributed by atoms with Crippen LogP contribution in [0.4, 0.5) is 0 Å². The number of rotatable bonds is 6. The Morgan fingerprint density at radius 2 is 1.89 bits per heavy atom. The predicted octanol–water partition coefficient (Wildman–Crippen LogP) is 2.25. The molecule has 1 atom stereocenters. The van der Waals surface area contributed by atoms with E-state index in [4.69, 9.17) is 15.2 Å². The lowest BCUT2D eigenvalue weighted by Crippen LogP contribution is -2.50. The van der Waals surface area contributed by atoms with Gasteiger partial charge in [-0.15, -0.1) is 0 Å². The van der Waals surface area contributed by atoms with Crippen molar-refractivity contribution in [2.45, 2.75) is 57.9 Å². The first-order valence-corrected chi connectivity index (χ1v) is 7.10. The second-order valence-electron chi connectivity index (χ2n) is 5.51. The molecule has 0 heterocycles. The molecule has 1 rings (SSSR count). The SMILES string of the molecule is CCOC(=O)C(C)(N)COCC1CCCCCC1. The van der Waals surface area contributed by atoms with Crippen molar-refractivity contribution in [2.75, 3.05) is 19.8 Å². The molecule has 0 radical (unpaired) electrons. The molecule has 0 aliphatic heterocycles. The number of hydrogen-bond donors (Lipinski definition) is 1. The molecule has 0 aromatic rings. The topological polar surface area (TPSA) is 61.5 Å². The summed E-state index contributed by atoms with van der Waals surface area (Å²) < 4.78 is 10.6. The van der Waals surface area contributed by atoms with Gasteiger partial charge in [0.2, 0.25) is 0 Å². The number of esters is 1. The molecule has 4 nitrogen and oxygen atoms in total. The molecule has 4 heteroatoms. The number of ether oxygens (including phenoxy) is 2. The van der Waals surface area contributed by atoms with Gasteiger partial charge in [-0.1, -0.05) is 25.7 Å². The molecule has 1 fully saturated rings. The van der Waals surface area contributed by atoms with E-state index in [1.54, 1.807) is 13.8 Å². The lowest BCUT2D eigenvalue weighted by molar-refractivity contribution is -0.151. The second-order valence-corrected chi connectivity index (χ2v) is 5.51. The third kappa shape index (κ3) is 5.36. The van der Waals surface area contributed by atoms with Crippen molar-refractivity contribution in [2.24, 2.45) is 11.7 Å². The molecule has 106 valence electrons. The summed E-state index contributed by atoms with van der Waals surface area (Å²) in [6.45, 7) is 4.75. The molecule has 0 aromatic carbocycles. The fourth-order valence-electron chi connectivity index (χ4n) is 2.32. The lowest BCUT2D eigenvalue weighted by atomic mass is 10.0. The molecule has 1 saturated carbocycles. The lowest BCUT2D eigenvalue weighted by Gasteiger charge is -2.23. The maximum Gasteiger partial charge on any atom is 0.328 e. The summed E-state index contributed by atoms with van der Waals surface area (Å²) >= 11 is 0. The van der Waals surface area contributed by atoms with E-state index in [-0.39, 0.29) is 12.6 Å². The average molecular weight is 257 g/mol. The summed E-state index contributed by atoms with van der Waals surface area (Å²) in [4.78, 5) is 11.6. The van der Waals surface area contributed by atoms with Crippen molar-refractivity contribution in [3.8, 4) is 0 Å². The molecule has 0 bridgehead atoms. The number of carbonyl (C=O) groups excluding carboxylic acids is 1. The van der Waals surface area contributed by atoms with Gasteiger partial charge in [0.05, 0.1) is 13.2 Å². The van der Waals surface area contributed by atoms with Gasteiger partial charge in [0.1, 0.15) is 5.54 Å². The van der Waals surface area contributed by atoms with Gasteiger partial charge < -0.3 is 15.2 Å². The fraction of sp³-hybridized carbons (Fsp3) is 0.929. The van der Waals surface area contributed by atoms with Crippen molar-refractivity contribution in [3.05, 3.63) is 0 Å². The quantitative estimate of drug-likeness (QED) is 0.585. The maximum atomic E-state index is 11.6. The van der Waals surface area contributed by atoms with Crippen molar-refractivity contribution in [1.82, 2.24) is 0 Å². The molecule has 0 amide bonds. The van der Waals surface area contributed by atoms with Crippen LogP contribution in [0.2, 0.25) is 0 Å². The number of nitrogens with two attached hydrogens (primary N) is 1. The Bertz CT molecular complexity index is 245. The van der Waals surface area contributed by atoms with Crippen molar-refractivity contribution >= 4 is 5.97 Å². The highest BCUT2D eigenvalue weighted by Crippen LogP contribution is 2.23. The predicted molar refractivity (Wildman–Crippen MR) is 71.2 cm³/mol. The maximum absolute atomic E-state index is 11.6. The van der Waals surface area contributed by atoms with Crippen molar-refractivity contribution < 1.29 is 14.3 Å². The van der Waals surface area contributed by atoms with Gasteiger partial charge in [0, 0.05) is 6.61 Å². The molecule has 1 unspecified atom stereocenters. The molecule has 0 spiro atoms. The fourth-order valence-corrected chi connectivity index (χ4v) is 2.32. The normalized spacial score (nSPS) is 21.1. The molecule has 18 heavy (non-hydrogen) atoms. The Balaban J connectivity index is 2.24. The summed E-state index contributed by atoms with van der Waals surface area (Å²) in [5.74, 6) is 0.247. The molecular formula is C14H27NO3. The zero-order valence-electron chi connectivity index (χ0n) is 11.7. The first kappa shape index (κ1) is 15.4. The van der Waals surface area contributed by atoms with E-state index < -0.39 is 5.54 Å². The summed E-state index contributed by atoms with van der Waals surface area (Å²) in [5.41, 5.74) is 4.87. The number of carbonyl (C=O) groups is 1. The minimum Gasteiger partial charge on any atom is -0.465 e. The Labute approximate surface area is 110 Å². The zero-order valence-corrected chi connectivity index (χ0v) is 11.7. The first-order valence-electron chi connectivity index (χ1n) is 7.10. The Kier molecular flexibility index (Phi) is 6.65. The van der Waals surface area contributed by atoms with Crippen LogP contribution in [0.3, 0.4) is 0 Å². The van der Waals surface area contributed by atoms with Gasteiger partial charge in [0.15, 0.2) is 0 Å². The van der Waals surface area contributed by atoms with E-state index in [9.17, 15) is 4.79 Å². The molecule has 2 N–H and O–H groups in total. The van der Waals surface area contributed by atoms with Gasteiger partial charge in [-0.05, 0) is 32.6 Å². The van der Waals surface area contributed by atoms with Gasteiger partial charge in [-0.3, -0.25) is 0 Å². The van der Waals surface area contributed by atoms with Crippen LogP contribution in [0, 0.1) is 5.92 Å². The largest absolute Gasteiger partial charge is 0.465 e. The first-order chi connectivity index (χ1) is 8.56. The van der Waals surface area contributed by atoms with Crippen LogP contribution in [-0.2, 0) is 14.3 Å². The molecule has 0 saturated heterocycles. The van der Waals surface area contributed by atoms with Crippen LogP contribution in [0.25, 0.3) is 0 Å². The minimum absolute atomic E-state index is 0.238. The van der Waals surface area contributed by atoms with Gasteiger partial charge in [-0.25, -0.2) is 4.79 Å². The highest BCUT2D eigenvalue weighted by atomic mass is 16.5. The Morgan fingerprint density at radius 1 is 1.28 bits per heavy atom. The summed E-state index contributed by atoms with van der Waals surface area (Å²) in [6, 6.07) is 0. The van der Waals surface area contributed by atoms with Gasteiger partial charge in [-0.2, -0.15) is 0 Å². The zero-order chi connectivity index (χ0) is 13.4. The van der Waals surface area contributed by atoms with E-state index >= 15 is 0 Å². The van der Waals surface area contributed by atoms with Crippen LogP contribution in [-0.4, -0.2) is 31.3 Å². The van der Waals surface area contributed by atoms with Crippen LogP contribution in [0.1, 0.15) is 52.4 Å². The Hall–Kier alpha value is -0.610. The van der Waals surface area contributed by atoms with E-state index in [0.717, 1.165) is 0 Å². The summed E-state index contributed by atoms with van der Waals surface area (Å²) in [6.07, 6.45) is 7.75. The summed E-state index contributed by atoms with van der Waals surface area (Å²) in [5, 5.41) is 0. The average Bonchev–Trinajstić information content (AvgIpc) is 2.58. The van der Waals surface area contributed by atoms with Crippen molar-refractivity contribution in [3.63, 3.8) is 0 Å². The van der Waals surface area contributed by atoms with Gasteiger partial charge in [0.25, 0.3) is 0 Å². The summed E-state index contributed by atoms with van der Waals surface area (Å²) in [7, 11) is 0. The van der Waals surface area contributed by atoms with Crippen molar-refractivity contribution in [1.29, 1.82) is 0 Å². The Morgan fingerprint density at radius 3 is 2.44 bits per heavy atom.